The molecule has 0 aliphatic carbocycles. The van der Waals surface area contributed by atoms with Crippen LogP contribution in [0, 0.1) is 5.82 Å². The molecule has 0 aromatic heterocycles. The summed E-state index contributed by atoms with van der Waals surface area (Å²) in [4.78, 5) is 12.0. The molecule has 8 heteroatoms. The Morgan fingerprint density at radius 3 is 2.37 bits per heavy atom. The summed E-state index contributed by atoms with van der Waals surface area (Å²) < 4.78 is 44.9. The highest BCUT2D eigenvalue weighted by Gasteiger charge is 2.13. The fraction of sp³-hybridized carbons (Fsp3) is 0.316. The molecule has 0 spiro atoms. The van der Waals surface area contributed by atoms with Gasteiger partial charge in [-0.1, -0.05) is 12.1 Å². The summed E-state index contributed by atoms with van der Waals surface area (Å²) in [6.45, 7) is 3.76. The van der Waals surface area contributed by atoms with Gasteiger partial charge < -0.3 is 10.1 Å². The normalized spacial score (nSPS) is 11.3. The molecular formula is C19H23FN2O4S. The molecule has 2 aromatic carbocycles. The van der Waals surface area contributed by atoms with E-state index in [1.54, 1.807) is 24.3 Å². The zero-order chi connectivity index (χ0) is 19.7. The number of hydrogen-bond donors (Lipinski definition) is 2. The van der Waals surface area contributed by atoms with Crippen molar-refractivity contribution in [1.82, 2.24) is 10.0 Å². The average Bonchev–Trinajstić information content (AvgIpc) is 2.67. The predicted molar refractivity (Wildman–Crippen MR) is 100 cm³/mol. The highest BCUT2D eigenvalue weighted by Crippen LogP contribution is 2.11. The van der Waals surface area contributed by atoms with Gasteiger partial charge in [0.15, 0.2) is 0 Å². The van der Waals surface area contributed by atoms with E-state index in [4.69, 9.17) is 4.74 Å². The number of rotatable bonds is 10. The quantitative estimate of drug-likeness (QED) is 0.607. The van der Waals surface area contributed by atoms with Crippen LogP contribution in [-0.4, -0.2) is 34.1 Å². The van der Waals surface area contributed by atoms with E-state index in [-0.39, 0.29) is 17.3 Å². The topological polar surface area (TPSA) is 84.5 Å². The minimum absolute atomic E-state index is 0.00745. The van der Waals surface area contributed by atoms with Gasteiger partial charge in [0, 0.05) is 31.9 Å². The second-order valence-corrected chi connectivity index (χ2v) is 7.55. The molecule has 0 radical (unpaired) electrons. The molecule has 0 aliphatic heterocycles. The summed E-state index contributed by atoms with van der Waals surface area (Å²) in [5.74, 6) is -0.689. The molecule has 27 heavy (non-hydrogen) atoms. The summed E-state index contributed by atoms with van der Waals surface area (Å²) in [5, 5.41) is 2.80. The van der Waals surface area contributed by atoms with Gasteiger partial charge in [-0.15, -0.1) is 0 Å². The molecule has 0 fully saturated rings. The van der Waals surface area contributed by atoms with Crippen molar-refractivity contribution in [2.45, 2.75) is 24.8 Å². The third-order valence-corrected chi connectivity index (χ3v) is 5.18. The van der Waals surface area contributed by atoms with E-state index in [1.807, 2.05) is 6.92 Å². The number of ether oxygens (including phenoxy) is 1. The van der Waals surface area contributed by atoms with Crippen LogP contribution in [0.1, 0.15) is 29.3 Å². The number of carbonyl (C=O) groups excluding carboxylic acids is 1. The SMILES string of the molecule is CCOCCCNC(=O)c1ccc(CNS(=O)(=O)c2ccc(F)cc2)cc1. The number of amides is 1. The maximum atomic E-state index is 12.9. The summed E-state index contributed by atoms with van der Waals surface area (Å²) >= 11 is 0. The Kier molecular flexibility index (Phi) is 7.90. The Morgan fingerprint density at radius 1 is 1.07 bits per heavy atom. The Bertz CT molecular complexity index is 837. The van der Waals surface area contributed by atoms with Crippen LogP contribution >= 0.6 is 0 Å². The Morgan fingerprint density at radius 2 is 1.74 bits per heavy atom. The molecule has 146 valence electrons. The molecule has 0 saturated heterocycles. The maximum Gasteiger partial charge on any atom is 0.251 e. The standard InChI is InChI=1S/C19H23FN2O4S/c1-2-26-13-3-12-21-19(23)16-6-4-15(5-7-16)14-22-27(24,25)18-10-8-17(20)9-11-18/h4-11,22H,2-3,12-14H2,1H3,(H,21,23). The largest absolute Gasteiger partial charge is 0.382 e. The first-order chi connectivity index (χ1) is 12.9. The zero-order valence-corrected chi connectivity index (χ0v) is 15.9. The molecule has 2 N–H and O–H groups in total. The molecule has 0 saturated carbocycles. The lowest BCUT2D eigenvalue weighted by Crippen LogP contribution is -2.25. The van der Waals surface area contributed by atoms with Gasteiger partial charge in [-0.25, -0.2) is 17.5 Å². The van der Waals surface area contributed by atoms with E-state index in [1.165, 1.54) is 12.1 Å². The summed E-state index contributed by atoms with van der Waals surface area (Å²) in [6, 6.07) is 11.2. The van der Waals surface area contributed by atoms with Crippen LogP contribution < -0.4 is 10.0 Å². The lowest BCUT2D eigenvalue weighted by molar-refractivity contribution is 0.0944. The average molecular weight is 394 g/mol. The van der Waals surface area contributed by atoms with Crippen molar-refractivity contribution in [3.8, 4) is 0 Å². The van der Waals surface area contributed by atoms with Crippen LogP contribution in [0.25, 0.3) is 0 Å². The van der Waals surface area contributed by atoms with Gasteiger partial charge in [-0.3, -0.25) is 4.79 Å². The Balaban J connectivity index is 1.86. The summed E-state index contributed by atoms with van der Waals surface area (Å²) in [6.07, 6.45) is 0.739. The fourth-order valence-corrected chi connectivity index (χ4v) is 3.29. The van der Waals surface area contributed by atoms with Crippen molar-refractivity contribution in [2.75, 3.05) is 19.8 Å². The van der Waals surface area contributed by atoms with E-state index < -0.39 is 15.8 Å². The molecule has 0 atom stereocenters. The predicted octanol–water partition coefficient (Wildman–Crippen LogP) is 2.46. The lowest BCUT2D eigenvalue weighted by atomic mass is 10.1. The lowest BCUT2D eigenvalue weighted by Gasteiger charge is -2.08. The number of nitrogens with one attached hydrogen (secondary N) is 2. The minimum Gasteiger partial charge on any atom is -0.382 e. The first-order valence-corrected chi connectivity index (χ1v) is 10.1. The van der Waals surface area contributed by atoms with Crippen LogP contribution in [0.15, 0.2) is 53.4 Å². The first kappa shape index (κ1) is 21.0. The number of carbonyl (C=O) groups is 1. The van der Waals surface area contributed by atoms with Crippen LogP contribution in [0.5, 0.6) is 0 Å². The Hall–Kier alpha value is -2.29. The van der Waals surface area contributed by atoms with Gasteiger partial charge in [0.1, 0.15) is 5.82 Å². The van der Waals surface area contributed by atoms with Gasteiger partial charge in [0.25, 0.3) is 5.91 Å². The first-order valence-electron chi connectivity index (χ1n) is 8.62. The van der Waals surface area contributed by atoms with E-state index in [0.29, 0.717) is 30.9 Å². The van der Waals surface area contributed by atoms with E-state index in [9.17, 15) is 17.6 Å². The third-order valence-electron chi connectivity index (χ3n) is 3.76. The molecule has 1 amide bonds. The number of hydrogen-bond acceptors (Lipinski definition) is 4. The van der Waals surface area contributed by atoms with Crippen LogP contribution in [0.4, 0.5) is 4.39 Å². The molecule has 2 rings (SSSR count). The van der Waals surface area contributed by atoms with Gasteiger partial charge in [0.05, 0.1) is 4.90 Å². The second kappa shape index (κ2) is 10.1. The zero-order valence-electron chi connectivity index (χ0n) is 15.1. The van der Waals surface area contributed by atoms with Crippen molar-refractivity contribution in [3.05, 3.63) is 65.5 Å². The third kappa shape index (κ3) is 6.74. The number of benzene rings is 2. The number of sulfonamides is 1. The highest BCUT2D eigenvalue weighted by atomic mass is 32.2. The van der Waals surface area contributed by atoms with E-state index >= 15 is 0 Å². The van der Waals surface area contributed by atoms with Crippen LogP contribution in [0.2, 0.25) is 0 Å². The molecule has 0 bridgehead atoms. The molecule has 0 aliphatic rings. The van der Waals surface area contributed by atoms with E-state index in [0.717, 1.165) is 18.6 Å². The van der Waals surface area contributed by atoms with Crippen molar-refractivity contribution in [3.63, 3.8) is 0 Å². The van der Waals surface area contributed by atoms with Crippen LogP contribution in [-0.2, 0) is 21.3 Å². The fourth-order valence-electron chi connectivity index (χ4n) is 2.27. The smallest absolute Gasteiger partial charge is 0.251 e. The van der Waals surface area contributed by atoms with Gasteiger partial charge >= 0.3 is 0 Å². The summed E-state index contributed by atoms with van der Waals surface area (Å²) in [5.41, 5.74) is 1.20. The molecule has 0 unspecified atom stereocenters. The monoisotopic (exact) mass is 394 g/mol. The molecule has 0 heterocycles. The van der Waals surface area contributed by atoms with Gasteiger partial charge in [-0.2, -0.15) is 0 Å². The van der Waals surface area contributed by atoms with Crippen molar-refractivity contribution < 1.29 is 22.3 Å². The highest BCUT2D eigenvalue weighted by molar-refractivity contribution is 7.89. The number of halogens is 1. The van der Waals surface area contributed by atoms with Crippen LogP contribution in [0.3, 0.4) is 0 Å². The van der Waals surface area contributed by atoms with E-state index in [2.05, 4.69) is 10.0 Å². The summed E-state index contributed by atoms with van der Waals surface area (Å²) in [7, 11) is -3.73. The molecule has 6 nitrogen and oxygen atoms in total. The minimum atomic E-state index is -3.73. The van der Waals surface area contributed by atoms with Crippen molar-refractivity contribution in [1.29, 1.82) is 0 Å². The maximum absolute atomic E-state index is 12.9. The molecule has 2 aromatic rings. The Labute approximate surface area is 158 Å². The van der Waals surface area contributed by atoms with Gasteiger partial charge in [-0.05, 0) is 55.3 Å². The van der Waals surface area contributed by atoms with Crippen molar-refractivity contribution in [2.24, 2.45) is 0 Å². The second-order valence-electron chi connectivity index (χ2n) is 5.78. The van der Waals surface area contributed by atoms with Gasteiger partial charge in [0.2, 0.25) is 10.0 Å². The van der Waals surface area contributed by atoms with Crippen molar-refractivity contribution >= 4 is 15.9 Å². The molecular weight excluding hydrogens is 371 g/mol.